The molecule has 0 saturated carbocycles. The van der Waals surface area contributed by atoms with E-state index in [2.05, 4.69) is 32.6 Å². The number of thioether (sulfide) groups is 1. The van der Waals surface area contributed by atoms with Crippen molar-refractivity contribution in [3.05, 3.63) is 42.1 Å². The molecule has 0 bridgehead atoms. The first-order valence-electron chi connectivity index (χ1n) is 4.90. The molecule has 1 N–H and O–H groups in total. The first kappa shape index (κ1) is 10.9. The van der Waals surface area contributed by atoms with Gasteiger partial charge in [-0.2, -0.15) is 5.10 Å². The summed E-state index contributed by atoms with van der Waals surface area (Å²) in [5.41, 5.74) is 1.21. The Morgan fingerprint density at radius 1 is 1.25 bits per heavy atom. The van der Waals surface area contributed by atoms with Crippen LogP contribution in [0.5, 0.6) is 0 Å². The number of benzene rings is 1. The number of anilines is 1. The Balaban J connectivity index is 1.99. The number of aromatic nitrogens is 3. The standard InChI is InChI=1S/C11H12N4S/c1-16-11-14-10(8-13-15-11)12-7-9-5-3-2-4-6-9/h2-6,8H,7H2,1H3,(H,12,14,15). The van der Waals surface area contributed by atoms with E-state index in [9.17, 15) is 0 Å². The molecule has 2 rings (SSSR count). The number of hydrogen-bond acceptors (Lipinski definition) is 5. The number of hydrogen-bond donors (Lipinski definition) is 1. The van der Waals surface area contributed by atoms with Crippen molar-refractivity contribution in [3.63, 3.8) is 0 Å². The monoisotopic (exact) mass is 232 g/mol. The van der Waals surface area contributed by atoms with Crippen molar-refractivity contribution >= 4 is 17.6 Å². The SMILES string of the molecule is CSc1nncc(NCc2ccccc2)n1. The van der Waals surface area contributed by atoms with E-state index in [1.165, 1.54) is 17.3 Å². The molecule has 16 heavy (non-hydrogen) atoms. The lowest BCUT2D eigenvalue weighted by atomic mass is 10.2. The summed E-state index contributed by atoms with van der Waals surface area (Å²) in [6.45, 7) is 0.743. The van der Waals surface area contributed by atoms with Crippen LogP contribution in [-0.4, -0.2) is 21.4 Å². The summed E-state index contributed by atoms with van der Waals surface area (Å²) in [5.74, 6) is 0.753. The summed E-state index contributed by atoms with van der Waals surface area (Å²) < 4.78 is 0. The molecule has 1 heterocycles. The summed E-state index contributed by atoms with van der Waals surface area (Å²) in [6.07, 6.45) is 3.56. The second-order valence-corrected chi connectivity index (χ2v) is 3.94. The van der Waals surface area contributed by atoms with Crippen LogP contribution in [0.25, 0.3) is 0 Å². The van der Waals surface area contributed by atoms with E-state index < -0.39 is 0 Å². The van der Waals surface area contributed by atoms with Crippen molar-refractivity contribution in [2.75, 3.05) is 11.6 Å². The van der Waals surface area contributed by atoms with Crippen LogP contribution >= 0.6 is 11.8 Å². The van der Waals surface area contributed by atoms with Gasteiger partial charge in [-0.3, -0.25) is 0 Å². The molecule has 0 spiro atoms. The maximum atomic E-state index is 4.28. The minimum Gasteiger partial charge on any atom is -0.365 e. The number of nitrogens with one attached hydrogen (secondary N) is 1. The lowest BCUT2D eigenvalue weighted by Crippen LogP contribution is -2.03. The Labute approximate surface area is 98.5 Å². The van der Waals surface area contributed by atoms with Gasteiger partial charge in [0.1, 0.15) is 5.82 Å². The van der Waals surface area contributed by atoms with E-state index in [0.717, 1.165) is 12.4 Å². The van der Waals surface area contributed by atoms with Crippen molar-refractivity contribution in [1.82, 2.24) is 15.2 Å². The molecule has 1 aromatic heterocycles. The van der Waals surface area contributed by atoms with E-state index >= 15 is 0 Å². The zero-order chi connectivity index (χ0) is 11.2. The molecule has 0 unspecified atom stereocenters. The Bertz CT molecular complexity index is 447. The highest BCUT2D eigenvalue weighted by Crippen LogP contribution is 2.10. The fraction of sp³-hybridized carbons (Fsp3) is 0.182. The Hall–Kier alpha value is -1.62. The van der Waals surface area contributed by atoms with Crippen LogP contribution in [0, 0.1) is 0 Å². The second-order valence-electron chi connectivity index (χ2n) is 3.17. The van der Waals surface area contributed by atoms with Gasteiger partial charge in [0.25, 0.3) is 0 Å². The third-order valence-electron chi connectivity index (χ3n) is 2.04. The van der Waals surface area contributed by atoms with Crippen LogP contribution in [0.4, 0.5) is 5.82 Å². The van der Waals surface area contributed by atoms with Crippen molar-refractivity contribution in [2.24, 2.45) is 0 Å². The molecule has 0 aliphatic rings. The molecular formula is C11H12N4S. The average Bonchev–Trinajstić information content (AvgIpc) is 2.38. The van der Waals surface area contributed by atoms with Crippen molar-refractivity contribution in [3.8, 4) is 0 Å². The van der Waals surface area contributed by atoms with Gasteiger partial charge < -0.3 is 5.32 Å². The Morgan fingerprint density at radius 2 is 2.06 bits per heavy atom. The van der Waals surface area contributed by atoms with Crippen LogP contribution in [0.3, 0.4) is 0 Å². The Morgan fingerprint density at radius 3 is 2.81 bits per heavy atom. The van der Waals surface area contributed by atoms with Gasteiger partial charge in [-0.25, -0.2) is 4.98 Å². The van der Waals surface area contributed by atoms with Crippen LogP contribution in [0.1, 0.15) is 5.56 Å². The fourth-order valence-electron chi connectivity index (χ4n) is 1.25. The third kappa shape index (κ3) is 2.93. The molecule has 0 aliphatic heterocycles. The van der Waals surface area contributed by atoms with E-state index in [1.807, 2.05) is 24.5 Å². The summed E-state index contributed by atoms with van der Waals surface area (Å²) in [4.78, 5) is 4.28. The first-order chi connectivity index (χ1) is 7.88. The lowest BCUT2D eigenvalue weighted by molar-refractivity contribution is 0.838. The molecule has 2 aromatic rings. The number of rotatable bonds is 4. The predicted octanol–water partition coefficient (Wildman–Crippen LogP) is 2.21. The molecular weight excluding hydrogens is 220 g/mol. The molecule has 0 radical (unpaired) electrons. The van der Waals surface area contributed by atoms with Crippen molar-refractivity contribution in [1.29, 1.82) is 0 Å². The van der Waals surface area contributed by atoms with Gasteiger partial charge in [-0.1, -0.05) is 42.1 Å². The number of nitrogens with zero attached hydrogens (tertiary/aromatic N) is 3. The minimum absolute atomic E-state index is 0.679. The minimum atomic E-state index is 0.679. The van der Waals surface area contributed by atoms with Crippen LogP contribution in [0.2, 0.25) is 0 Å². The van der Waals surface area contributed by atoms with Crippen molar-refractivity contribution in [2.45, 2.75) is 11.7 Å². The second kappa shape index (κ2) is 5.46. The van der Waals surface area contributed by atoms with E-state index in [4.69, 9.17) is 0 Å². The Kier molecular flexibility index (Phi) is 3.71. The molecule has 1 aromatic carbocycles. The summed E-state index contributed by atoms with van der Waals surface area (Å²) in [5, 5.41) is 11.6. The van der Waals surface area contributed by atoms with Crippen molar-refractivity contribution < 1.29 is 0 Å². The van der Waals surface area contributed by atoms with Crippen LogP contribution < -0.4 is 5.32 Å². The zero-order valence-electron chi connectivity index (χ0n) is 8.92. The topological polar surface area (TPSA) is 50.7 Å². The normalized spacial score (nSPS) is 10.1. The zero-order valence-corrected chi connectivity index (χ0v) is 9.74. The molecule has 5 heteroatoms. The summed E-state index contributed by atoms with van der Waals surface area (Å²) >= 11 is 1.48. The summed E-state index contributed by atoms with van der Waals surface area (Å²) in [7, 11) is 0. The average molecular weight is 232 g/mol. The highest BCUT2D eigenvalue weighted by molar-refractivity contribution is 7.98. The van der Waals surface area contributed by atoms with Gasteiger partial charge in [0, 0.05) is 6.54 Å². The predicted molar refractivity (Wildman–Crippen MR) is 65.4 cm³/mol. The molecule has 0 fully saturated rings. The lowest BCUT2D eigenvalue weighted by Gasteiger charge is -2.05. The van der Waals surface area contributed by atoms with Gasteiger partial charge in [0.15, 0.2) is 0 Å². The third-order valence-corrected chi connectivity index (χ3v) is 2.58. The van der Waals surface area contributed by atoms with Gasteiger partial charge in [-0.05, 0) is 11.8 Å². The largest absolute Gasteiger partial charge is 0.365 e. The molecule has 0 atom stereocenters. The molecule has 82 valence electrons. The van der Waals surface area contributed by atoms with Gasteiger partial charge >= 0.3 is 0 Å². The smallest absolute Gasteiger partial charge is 0.210 e. The molecule has 4 nitrogen and oxygen atoms in total. The first-order valence-corrected chi connectivity index (χ1v) is 6.12. The van der Waals surface area contributed by atoms with E-state index in [-0.39, 0.29) is 0 Å². The maximum Gasteiger partial charge on any atom is 0.210 e. The van der Waals surface area contributed by atoms with Crippen LogP contribution in [-0.2, 0) is 6.54 Å². The van der Waals surface area contributed by atoms with Gasteiger partial charge in [0.2, 0.25) is 5.16 Å². The highest BCUT2D eigenvalue weighted by atomic mass is 32.2. The van der Waals surface area contributed by atoms with E-state index in [0.29, 0.717) is 5.16 Å². The fourth-order valence-corrected chi connectivity index (χ4v) is 1.57. The maximum absolute atomic E-state index is 4.28. The molecule has 0 aliphatic carbocycles. The van der Waals surface area contributed by atoms with Gasteiger partial charge in [0.05, 0.1) is 6.20 Å². The van der Waals surface area contributed by atoms with Gasteiger partial charge in [-0.15, -0.1) is 5.10 Å². The summed E-state index contributed by atoms with van der Waals surface area (Å²) in [6, 6.07) is 10.2. The quantitative estimate of drug-likeness (QED) is 0.819. The highest BCUT2D eigenvalue weighted by Gasteiger charge is 1.98. The molecule has 0 saturated heterocycles. The van der Waals surface area contributed by atoms with E-state index in [1.54, 1.807) is 6.20 Å². The molecule has 0 amide bonds. The van der Waals surface area contributed by atoms with Crippen LogP contribution in [0.15, 0.2) is 41.7 Å².